The van der Waals surface area contributed by atoms with Crippen LogP contribution in [0.2, 0.25) is 0 Å². The minimum Gasteiger partial charge on any atom is -0.445 e. The molecule has 0 heterocycles. The molecule has 0 spiro atoms. The van der Waals surface area contributed by atoms with Crippen LogP contribution >= 0.6 is 0 Å². The first-order valence-electron chi connectivity index (χ1n) is 4.44. The van der Waals surface area contributed by atoms with Crippen LogP contribution in [0.1, 0.15) is 11.1 Å². The molecular formula is C10H10F3NO2. The number of alkyl halides is 3. The van der Waals surface area contributed by atoms with E-state index in [0.29, 0.717) is 5.56 Å². The molecule has 0 fully saturated rings. The van der Waals surface area contributed by atoms with Crippen LogP contribution in [0.15, 0.2) is 24.3 Å². The van der Waals surface area contributed by atoms with Crippen LogP contribution in [0, 0.1) is 0 Å². The standard InChI is InChI=1S/C10H10F3NO2/c11-10(12,13)5-7-3-1-2-4-8(7)6-16-9(14)15/h1-4H,5-6H2,(H2,14,15). The fourth-order valence-electron chi connectivity index (χ4n) is 1.24. The Morgan fingerprint density at radius 1 is 1.25 bits per heavy atom. The highest BCUT2D eigenvalue weighted by Gasteiger charge is 2.28. The summed E-state index contributed by atoms with van der Waals surface area (Å²) in [6.07, 6.45) is -6.35. The first-order chi connectivity index (χ1) is 7.38. The van der Waals surface area contributed by atoms with Crippen LogP contribution in [-0.2, 0) is 17.8 Å². The van der Waals surface area contributed by atoms with E-state index in [2.05, 4.69) is 4.74 Å². The van der Waals surface area contributed by atoms with E-state index in [1.807, 2.05) is 0 Å². The van der Waals surface area contributed by atoms with Gasteiger partial charge in [-0.15, -0.1) is 0 Å². The van der Waals surface area contributed by atoms with Gasteiger partial charge in [-0.25, -0.2) is 4.79 Å². The molecule has 0 aliphatic rings. The number of ether oxygens (including phenoxy) is 1. The van der Waals surface area contributed by atoms with E-state index in [-0.39, 0.29) is 12.2 Å². The SMILES string of the molecule is NC(=O)OCc1ccccc1CC(F)(F)F. The number of primary amides is 1. The lowest BCUT2D eigenvalue weighted by Crippen LogP contribution is -2.16. The van der Waals surface area contributed by atoms with Crippen molar-refractivity contribution >= 4 is 6.09 Å². The first-order valence-corrected chi connectivity index (χ1v) is 4.44. The van der Waals surface area contributed by atoms with Crippen molar-refractivity contribution in [2.45, 2.75) is 19.2 Å². The summed E-state index contributed by atoms with van der Waals surface area (Å²) in [6.45, 7) is -0.248. The highest BCUT2D eigenvalue weighted by atomic mass is 19.4. The Morgan fingerprint density at radius 3 is 2.31 bits per heavy atom. The number of hydrogen-bond acceptors (Lipinski definition) is 2. The van der Waals surface area contributed by atoms with Crippen LogP contribution < -0.4 is 5.73 Å². The van der Waals surface area contributed by atoms with E-state index < -0.39 is 18.7 Å². The maximum Gasteiger partial charge on any atom is 0.404 e. The number of carbonyl (C=O) groups is 1. The Morgan fingerprint density at radius 2 is 1.81 bits per heavy atom. The maximum absolute atomic E-state index is 12.2. The Balaban J connectivity index is 2.79. The lowest BCUT2D eigenvalue weighted by molar-refractivity contribution is -0.127. The first kappa shape index (κ1) is 12.4. The zero-order chi connectivity index (χ0) is 12.2. The van der Waals surface area contributed by atoms with Gasteiger partial charge in [0.15, 0.2) is 0 Å². The number of nitrogens with two attached hydrogens (primary N) is 1. The molecule has 0 aromatic heterocycles. The zero-order valence-electron chi connectivity index (χ0n) is 8.25. The molecule has 0 unspecified atom stereocenters. The Bertz CT molecular complexity index is 377. The van der Waals surface area contributed by atoms with Crippen molar-refractivity contribution in [2.75, 3.05) is 0 Å². The van der Waals surface area contributed by atoms with Gasteiger partial charge >= 0.3 is 12.3 Å². The number of hydrogen-bond donors (Lipinski definition) is 1. The van der Waals surface area contributed by atoms with Crippen molar-refractivity contribution in [1.82, 2.24) is 0 Å². The van der Waals surface area contributed by atoms with Gasteiger partial charge in [-0.1, -0.05) is 24.3 Å². The minimum atomic E-state index is -4.29. The summed E-state index contributed by atoms with van der Waals surface area (Å²) in [5.74, 6) is 0. The molecule has 1 aromatic rings. The van der Waals surface area contributed by atoms with Gasteiger partial charge in [-0.3, -0.25) is 0 Å². The predicted molar refractivity (Wildman–Crippen MR) is 50.6 cm³/mol. The molecule has 0 saturated heterocycles. The molecule has 1 rings (SSSR count). The van der Waals surface area contributed by atoms with Gasteiger partial charge in [0.1, 0.15) is 6.61 Å². The summed E-state index contributed by atoms with van der Waals surface area (Å²) in [4.78, 5) is 10.3. The van der Waals surface area contributed by atoms with E-state index in [1.165, 1.54) is 18.2 Å². The predicted octanol–water partition coefficient (Wildman–Crippen LogP) is 2.39. The van der Waals surface area contributed by atoms with Crippen LogP contribution in [0.5, 0.6) is 0 Å². The van der Waals surface area contributed by atoms with Crippen LogP contribution in [0.4, 0.5) is 18.0 Å². The van der Waals surface area contributed by atoms with E-state index >= 15 is 0 Å². The van der Waals surface area contributed by atoms with Gasteiger partial charge in [0.2, 0.25) is 0 Å². The molecule has 1 aromatic carbocycles. The second-order valence-corrected chi connectivity index (χ2v) is 3.17. The third-order valence-electron chi connectivity index (χ3n) is 1.88. The van der Waals surface area contributed by atoms with E-state index in [4.69, 9.17) is 5.73 Å². The van der Waals surface area contributed by atoms with Crippen LogP contribution in [0.25, 0.3) is 0 Å². The second kappa shape index (κ2) is 4.87. The third kappa shape index (κ3) is 4.20. The molecule has 2 N–H and O–H groups in total. The molecule has 0 aliphatic heterocycles. The van der Waals surface area contributed by atoms with E-state index in [1.54, 1.807) is 6.07 Å². The lowest BCUT2D eigenvalue weighted by Gasteiger charge is -2.11. The molecule has 3 nitrogen and oxygen atoms in total. The molecule has 0 atom stereocenters. The van der Waals surface area contributed by atoms with Crippen molar-refractivity contribution < 1.29 is 22.7 Å². The summed E-state index contributed by atoms with van der Waals surface area (Å²) in [7, 11) is 0. The monoisotopic (exact) mass is 233 g/mol. The number of benzene rings is 1. The molecule has 0 bridgehead atoms. The Hall–Kier alpha value is -1.72. The van der Waals surface area contributed by atoms with Gasteiger partial charge < -0.3 is 10.5 Å². The molecule has 0 aliphatic carbocycles. The van der Waals surface area contributed by atoms with E-state index in [0.717, 1.165) is 0 Å². The van der Waals surface area contributed by atoms with Crippen LogP contribution in [-0.4, -0.2) is 12.3 Å². The highest BCUT2D eigenvalue weighted by molar-refractivity contribution is 5.64. The van der Waals surface area contributed by atoms with Gasteiger partial charge in [-0.05, 0) is 11.1 Å². The molecule has 16 heavy (non-hydrogen) atoms. The smallest absolute Gasteiger partial charge is 0.404 e. The van der Waals surface area contributed by atoms with E-state index in [9.17, 15) is 18.0 Å². The van der Waals surface area contributed by atoms with Crippen LogP contribution in [0.3, 0.4) is 0 Å². The third-order valence-corrected chi connectivity index (χ3v) is 1.88. The summed E-state index contributed by atoms with van der Waals surface area (Å²) in [5, 5.41) is 0. The fourth-order valence-corrected chi connectivity index (χ4v) is 1.24. The molecular weight excluding hydrogens is 223 g/mol. The zero-order valence-corrected chi connectivity index (χ0v) is 8.25. The van der Waals surface area contributed by atoms with Gasteiger partial charge in [0, 0.05) is 0 Å². The van der Waals surface area contributed by atoms with Gasteiger partial charge in [0.05, 0.1) is 6.42 Å². The van der Waals surface area contributed by atoms with Crippen molar-refractivity contribution in [1.29, 1.82) is 0 Å². The van der Waals surface area contributed by atoms with Crippen molar-refractivity contribution in [3.8, 4) is 0 Å². The number of carbonyl (C=O) groups excluding carboxylic acids is 1. The van der Waals surface area contributed by atoms with Crippen molar-refractivity contribution in [3.63, 3.8) is 0 Å². The number of amides is 1. The Kier molecular flexibility index (Phi) is 3.76. The largest absolute Gasteiger partial charge is 0.445 e. The summed E-state index contributed by atoms with van der Waals surface area (Å²) in [5.41, 5.74) is 5.12. The quantitative estimate of drug-likeness (QED) is 0.871. The molecule has 0 saturated carbocycles. The molecule has 1 amide bonds. The molecule has 0 radical (unpaired) electrons. The molecule has 6 heteroatoms. The summed E-state index contributed by atoms with van der Waals surface area (Å²) in [6, 6.07) is 5.87. The number of rotatable bonds is 3. The topological polar surface area (TPSA) is 52.3 Å². The molecule has 88 valence electrons. The fraction of sp³-hybridized carbons (Fsp3) is 0.300. The van der Waals surface area contributed by atoms with Crippen molar-refractivity contribution in [2.24, 2.45) is 5.73 Å². The summed E-state index contributed by atoms with van der Waals surface area (Å²) >= 11 is 0. The average molecular weight is 233 g/mol. The van der Waals surface area contributed by atoms with Gasteiger partial charge in [0.25, 0.3) is 0 Å². The van der Waals surface area contributed by atoms with Crippen molar-refractivity contribution in [3.05, 3.63) is 35.4 Å². The second-order valence-electron chi connectivity index (χ2n) is 3.17. The van der Waals surface area contributed by atoms with Gasteiger partial charge in [-0.2, -0.15) is 13.2 Å². The lowest BCUT2D eigenvalue weighted by atomic mass is 10.1. The minimum absolute atomic E-state index is 0.0799. The average Bonchev–Trinajstić information content (AvgIpc) is 2.14. The summed E-state index contributed by atoms with van der Waals surface area (Å²) < 4.78 is 41.0. The highest BCUT2D eigenvalue weighted by Crippen LogP contribution is 2.23. The normalized spacial score (nSPS) is 11.2. The maximum atomic E-state index is 12.2. The Labute approximate surface area is 90.0 Å². The number of halogens is 3.